The highest BCUT2D eigenvalue weighted by molar-refractivity contribution is 5.87. The lowest BCUT2D eigenvalue weighted by Gasteiger charge is -2.06. The maximum Gasteiger partial charge on any atom is 0.212 e. The van der Waals surface area contributed by atoms with Crippen LogP contribution in [-0.2, 0) is 6.42 Å². The van der Waals surface area contributed by atoms with Crippen LogP contribution in [-0.4, -0.2) is 19.4 Å². The Hall–Kier alpha value is -1.71. The predicted molar refractivity (Wildman–Crippen MR) is 56.5 cm³/mol. The molecule has 0 aliphatic carbocycles. The second-order valence-electron chi connectivity index (χ2n) is 3.16. The Morgan fingerprint density at radius 2 is 2.07 bits per heavy atom. The first-order valence-electron chi connectivity index (χ1n) is 4.81. The van der Waals surface area contributed by atoms with Crippen LogP contribution in [0, 0.1) is 0 Å². The van der Waals surface area contributed by atoms with E-state index in [1.807, 2.05) is 19.1 Å². The van der Waals surface area contributed by atoms with Gasteiger partial charge in [0.25, 0.3) is 0 Å². The molecule has 0 radical (unpaired) electrons. The molecule has 4 heteroatoms. The van der Waals surface area contributed by atoms with Gasteiger partial charge in [0.15, 0.2) is 5.75 Å². The first-order valence-corrected chi connectivity index (χ1v) is 4.81. The monoisotopic (exact) mass is 207 g/mol. The van der Waals surface area contributed by atoms with E-state index in [9.17, 15) is 0 Å². The molecule has 0 N–H and O–H groups in total. The van der Waals surface area contributed by atoms with Crippen LogP contribution >= 0.6 is 0 Å². The van der Waals surface area contributed by atoms with Crippen molar-refractivity contribution in [3.63, 3.8) is 0 Å². The predicted octanol–water partition coefficient (Wildman–Crippen LogP) is 2.41. The average molecular weight is 207 g/mol. The summed E-state index contributed by atoms with van der Waals surface area (Å²) in [5.74, 6) is 1.26. The van der Waals surface area contributed by atoms with Gasteiger partial charge in [-0.1, -0.05) is 12.1 Å². The van der Waals surface area contributed by atoms with E-state index in [1.54, 1.807) is 14.2 Å². The minimum Gasteiger partial charge on any atom is -0.493 e. The van der Waals surface area contributed by atoms with Crippen molar-refractivity contribution in [2.75, 3.05) is 14.2 Å². The Balaban J connectivity index is 2.72. The van der Waals surface area contributed by atoms with Gasteiger partial charge in [-0.3, -0.25) is 0 Å². The molecule has 1 aromatic carbocycles. The summed E-state index contributed by atoms with van der Waals surface area (Å²) in [5, 5.41) is 4.97. The molecule has 15 heavy (non-hydrogen) atoms. The summed E-state index contributed by atoms with van der Waals surface area (Å²) in [7, 11) is 3.19. The Morgan fingerprint density at radius 1 is 1.27 bits per heavy atom. The number of hydrogen-bond acceptors (Lipinski definition) is 4. The molecule has 0 aliphatic heterocycles. The van der Waals surface area contributed by atoms with Gasteiger partial charge in [0.1, 0.15) is 0 Å². The van der Waals surface area contributed by atoms with Crippen LogP contribution in [0.1, 0.15) is 12.6 Å². The molecular weight excluding hydrogens is 194 g/mol. The number of nitrogens with zero attached hydrogens (tertiary/aromatic N) is 1. The lowest BCUT2D eigenvalue weighted by molar-refractivity contribution is 0.347. The second kappa shape index (κ2) is 3.81. The molecule has 0 atom stereocenters. The summed E-state index contributed by atoms with van der Waals surface area (Å²) >= 11 is 0. The fourth-order valence-electron chi connectivity index (χ4n) is 1.62. The van der Waals surface area contributed by atoms with E-state index in [0.717, 1.165) is 17.5 Å². The summed E-state index contributed by atoms with van der Waals surface area (Å²) < 4.78 is 15.7. The normalized spacial score (nSPS) is 10.6. The van der Waals surface area contributed by atoms with Gasteiger partial charge < -0.3 is 14.0 Å². The van der Waals surface area contributed by atoms with Crippen LogP contribution in [0.5, 0.6) is 11.5 Å². The van der Waals surface area contributed by atoms with Crippen molar-refractivity contribution in [3.8, 4) is 11.5 Å². The third kappa shape index (κ3) is 1.42. The van der Waals surface area contributed by atoms with E-state index in [0.29, 0.717) is 17.1 Å². The van der Waals surface area contributed by atoms with E-state index in [1.165, 1.54) is 0 Å². The second-order valence-corrected chi connectivity index (χ2v) is 3.16. The summed E-state index contributed by atoms with van der Waals surface area (Å²) in [6.07, 6.45) is 0.836. The van der Waals surface area contributed by atoms with Crippen molar-refractivity contribution in [2.24, 2.45) is 0 Å². The fraction of sp³-hybridized carbons (Fsp3) is 0.364. The Bertz CT molecular complexity index is 476. The topological polar surface area (TPSA) is 44.5 Å². The molecule has 2 aromatic rings. The first-order chi connectivity index (χ1) is 7.31. The summed E-state index contributed by atoms with van der Waals surface area (Å²) in [4.78, 5) is 0. The smallest absolute Gasteiger partial charge is 0.212 e. The van der Waals surface area contributed by atoms with E-state index in [2.05, 4.69) is 5.16 Å². The van der Waals surface area contributed by atoms with Crippen molar-refractivity contribution in [1.29, 1.82) is 0 Å². The van der Waals surface area contributed by atoms with Gasteiger partial charge in [0.2, 0.25) is 11.3 Å². The number of aromatic nitrogens is 1. The fourth-order valence-corrected chi connectivity index (χ4v) is 1.62. The lowest BCUT2D eigenvalue weighted by atomic mass is 10.1. The zero-order valence-electron chi connectivity index (χ0n) is 9.03. The van der Waals surface area contributed by atoms with Crippen LogP contribution < -0.4 is 9.47 Å². The largest absolute Gasteiger partial charge is 0.493 e. The van der Waals surface area contributed by atoms with E-state index in [-0.39, 0.29) is 0 Å². The number of aryl methyl sites for hydroxylation is 1. The van der Waals surface area contributed by atoms with Gasteiger partial charge in [-0.2, -0.15) is 0 Å². The molecular formula is C11H13NO3. The molecule has 0 saturated heterocycles. The molecule has 1 heterocycles. The molecule has 2 rings (SSSR count). The van der Waals surface area contributed by atoms with Crippen LogP contribution in [0.2, 0.25) is 0 Å². The quantitative estimate of drug-likeness (QED) is 0.775. The molecule has 0 fully saturated rings. The van der Waals surface area contributed by atoms with E-state index >= 15 is 0 Å². The zero-order chi connectivity index (χ0) is 10.8. The Kier molecular flexibility index (Phi) is 2.49. The highest BCUT2D eigenvalue weighted by Gasteiger charge is 2.15. The summed E-state index contributed by atoms with van der Waals surface area (Å²) in [6, 6.07) is 3.80. The minimum atomic E-state index is 0.599. The summed E-state index contributed by atoms with van der Waals surface area (Å²) in [5.41, 5.74) is 1.58. The minimum absolute atomic E-state index is 0.599. The third-order valence-electron chi connectivity index (χ3n) is 2.39. The number of benzene rings is 1. The highest BCUT2D eigenvalue weighted by atomic mass is 16.5. The van der Waals surface area contributed by atoms with Crippen molar-refractivity contribution >= 4 is 11.0 Å². The summed E-state index contributed by atoms with van der Waals surface area (Å²) in [6.45, 7) is 2.04. The molecule has 0 amide bonds. The number of fused-ring (bicyclic) bond motifs is 1. The van der Waals surface area contributed by atoms with Crippen LogP contribution in [0.3, 0.4) is 0 Å². The first kappa shape index (κ1) is 9.83. The van der Waals surface area contributed by atoms with E-state index in [4.69, 9.17) is 14.0 Å². The highest BCUT2D eigenvalue weighted by Crippen LogP contribution is 2.36. The number of methoxy groups -OCH3 is 2. The maximum atomic E-state index is 5.25. The van der Waals surface area contributed by atoms with Gasteiger partial charge in [0.05, 0.1) is 19.9 Å². The molecule has 0 unspecified atom stereocenters. The van der Waals surface area contributed by atoms with Gasteiger partial charge in [-0.05, 0) is 18.6 Å². The molecule has 80 valence electrons. The van der Waals surface area contributed by atoms with Crippen molar-refractivity contribution in [2.45, 2.75) is 13.3 Å². The Morgan fingerprint density at radius 3 is 2.67 bits per heavy atom. The SMILES string of the molecule is CCc1noc2c(OC)c(OC)ccc12. The molecule has 1 aromatic heterocycles. The molecule has 0 aliphatic rings. The van der Waals surface area contributed by atoms with Crippen molar-refractivity contribution in [1.82, 2.24) is 5.16 Å². The standard InChI is InChI=1S/C11H13NO3/c1-4-8-7-5-6-9(13-2)11(14-3)10(7)15-12-8/h5-6H,4H2,1-3H3. The van der Waals surface area contributed by atoms with Crippen LogP contribution in [0.25, 0.3) is 11.0 Å². The molecule has 0 bridgehead atoms. The van der Waals surface area contributed by atoms with Crippen molar-refractivity contribution in [3.05, 3.63) is 17.8 Å². The van der Waals surface area contributed by atoms with E-state index < -0.39 is 0 Å². The maximum absolute atomic E-state index is 5.25. The molecule has 0 spiro atoms. The van der Waals surface area contributed by atoms with Gasteiger partial charge in [-0.15, -0.1) is 0 Å². The molecule has 0 saturated carbocycles. The van der Waals surface area contributed by atoms with Gasteiger partial charge >= 0.3 is 0 Å². The number of ether oxygens (including phenoxy) is 2. The number of hydrogen-bond donors (Lipinski definition) is 0. The average Bonchev–Trinajstić information content (AvgIpc) is 2.70. The number of rotatable bonds is 3. The Labute approximate surface area is 87.8 Å². The van der Waals surface area contributed by atoms with Crippen LogP contribution in [0.15, 0.2) is 16.7 Å². The van der Waals surface area contributed by atoms with Crippen LogP contribution in [0.4, 0.5) is 0 Å². The molecule has 4 nitrogen and oxygen atoms in total. The lowest BCUT2D eigenvalue weighted by Crippen LogP contribution is -1.90. The van der Waals surface area contributed by atoms with Gasteiger partial charge in [-0.25, -0.2) is 0 Å². The van der Waals surface area contributed by atoms with Gasteiger partial charge in [0, 0.05) is 5.39 Å². The van der Waals surface area contributed by atoms with Crippen molar-refractivity contribution < 1.29 is 14.0 Å². The third-order valence-corrected chi connectivity index (χ3v) is 2.39. The zero-order valence-corrected chi connectivity index (χ0v) is 9.03.